The topological polar surface area (TPSA) is 4.93 Å². The Labute approximate surface area is 83.8 Å². The average molecular weight is 191 g/mol. The molecule has 0 N–H and O–H groups in total. The summed E-state index contributed by atoms with van der Waals surface area (Å²) in [6.45, 7) is 4.38. The lowest BCUT2D eigenvalue weighted by atomic mass is 10.2. The molecule has 13 heavy (non-hydrogen) atoms. The molecule has 0 unspecified atom stereocenters. The van der Waals surface area contributed by atoms with Crippen LogP contribution in [0.2, 0.25) is 0 Å². The van der Waals surface area contributed by atoms with Gasteiger partial charge in [-0.1, -0.05) is 0 Å². The van der Waals surface area contributed by atoms with Crippen molar-refractivity contribution in [1.29, 1.82) is 0 Å². The van der Waals surface area contributed by atoms with Gasteiger partial charge in [-0.2, -0.15) is 0 Å². The van der Waals surface area contributed by atoms with E-state index in [9.17, 15) is 0 Å². The third-order valence-electron chi connectivity index (χ3n) is 2.26. The van der Waals surface area contributed by atoms with Crippen LogP contribution in [0.25, 0.3) is 10.9 Å². The fourth-order valence-electron chi connectivity index (χ4n) is 1.60. The molecule has 2 aromatic rings. The highest BCUT2D eigenvalue weighted by molar-refractivity contribution is 7.80. The minimum Gasteiger partial charge on any atom is -0.345 e. The van der Waals surface area contributed by atoms with E-state index in [0.29, 0.717) is 6.04 Å². The van der Waals surface area contributed by atoms with E-state index in [4.69, 9.17) is 0 Å². The molecule has 0 aliphatic rings. The van der Waals surface area contributed by atoms with Gasteiger partial charge in [-0.15, -0.1) is 12.6 Å². The summed E-state index contributed by atoms with van der Waals surface area (Å²) in [5, 5.41) is 1.27. The largest absolute Gasteiger partial charge is 0.345 e. The second kappa shape index (κ2) is 3.11. The molecule has 0 atom stereocenters. The van der Waals surface area contributed by atoms with Crippen molar-refractivity contribution in [2.45, 2.75) is 24.8 Å². The Balaban J connectivity index is 2.69. The maximum atomic E-state index is 4.31. The monoisotopic (exact) mass is 191 g/mol. The molecule has 0 radical (unpaired) electrons. The van der Waals surface area contributed by atoms with Crippen LogP contribution >= 0.6 is 12.6 Å². The molecule has 2 rings (SSSR count). The number of hydrogen-bond donors (Lipinski definition) is 1. The van der Waals surface area contributed by atoms with Gasteiger partial charge in [0.15, 0.2) is 0 Å². The first-order chi connectivity index (χ1) is 6.18. The van der Waals surface area contributed by atoms with E-state index in [-0.39, 0.29) is 0 Å². The lowest BCUT2D eigenvalue weighted by molar-refractivity contribution is 0.623. The van der Waals surface area contributed by atoms with Gasteiger partial charge in [0.25, 0.3) is 0 Å². The van der Waals surface area contributed by atoms with Crippen molar-refractivity contribution in [3.63, 3.8) is 0 Å². The SMILES string of the molecule is CC(C)n1ccc2cc(S)ccc21. The number of hydrogen-bond acceptors (Lipinski definition) is 1. The summed E-state index contributed by atoms with van der Waals surface area (Å²) in [4.78, 5) is 1.02. The molecule has 0 aliphatic carbocycles. The van der Waals surface area contributed by atoms with Crippen molar-refractivity contribution in [2.75, 3.05) is 0 Å². The van der Waals surface area contributed by atoms with E-state index in [1.165, 1.54) is 10.9 Å². The predicted octanol–water partition coefficient (Wildman–Crippen LogP) is 3.51. The number of rotatable bonds is 1. The van der Waals surface area contributed by atoms with Gasteiger partial charge in [0.2, 0.25) is 0 Å². The van der Waals surface area contributed by atoms with E-state index >= 15 is 0 Å². The third-order valence-corrected chi connectivity index (χ3v) is 2.54. The van der Waals surface area contributed by atoms with Gasteiger partial charge in [0, 0.05) is 28.0 Å². The maximum absolute atomic E-state index is 4.31. The van der Waals surface area contributed by atoms with Crippen LogP contribution in [0.5, 0.6) is 0 Å². The van der Waals surface area contributed by atoms with E-state index in [2.05, 4.69) is 55.4 Å². The fourth-order valence-corrected chi connectivity index (χ4v) is 1.82. The maximum Gasteiger partial charge on any atom is 0.0483 e. The molecular weight excluding hydrogens is 178 g/mol. The minimum absolute atomic E-state index is 0.517. The lowest BCUT2D eigenvalue weighted by Gasteiger charge is -2.08. The Hall–Kier alpha value is -0.890. The molecule has 1 aromatic heterocycles. The first kappa shape index (κ1) is 8.70. The second-order valence-electron chi connectivity index (χ2n) is 3.56. The van der Waals surface area contributed by atoms with Gasteiger partial charge in [0.1, 0.15) is 0 Å². The highest BCUT2D eigenvalue weighted by Gasteiger charge is 2.02. The predicted molar refractivity (Wildman–Crippen MR) is 59.6 cm³/mol. The molecule has 0 aliphatic heterocycles. The molecule has 68 valence electrons. The van der Waals surface area contributed by atoms with Crippen LogP contribution < -0.4 is 0 Å². The van der Waals surface area contributed by atoms with Crippen molar-refractivity contribution >= 4 is 23.5 Å². The van der Waals surface area contributed by atoms with E-state index < -0.39 is 0 Å². The molecule has 0 saturated carbocycles. The molecule has 0 bridgehead atoms. The highest BCUT2D eigenvalue weighted by atomic mass is 32.1. The molecular formula is C11H13NS. The Morgan fingerprint density at radius 3 is 2.69 bits per heavy atom. The Bertz CT molecular complexity index is 429. The van der Waals surface area contributed by atoms with Crippen molar-refractivity contribution in [2.24, 2.45) is 0 Å². The van der Waals surface area contributed by atoms with Crippen LogP contribution in [0.4, 0.5) is 0 Å². The van der Waals surface area contributed by atoms with Crippen molar-refractivity contribution < 1.29 is 0 Å². The first-order valence-corrected chi connectivity index (χ1v) is 4.93. The van der Waals surface area contributed by atoms with Crippen LogP contribution in [0.15, 0.2) is 35.4 Å². The molecule has 0 fully saturated rings. The van der Waals surface area contributed by atoms with Gasteiger partial charge in [-0.05, 0) is 38.1 Å². The van der Waals surface area contributed by atoms with Crippen LogP contribution in [0, 0.1) is 0 Å². The molecule has 1 aromatic carbocycles. The molecule has 1 heterocycles. The Morgan fingerprint density at radius 2 is 2.00 bits per heavy atom. The van der Waals surface area contributed by atoms with E-state index in [1.54, 1.807) is 0 Å². The van der Waals surface area contributed by atoms with Crippen LogP contribution in [-0.4, -0.2) is 4.57 Å². The molecule has 0 saturated heterocycles. The van der Waals surface area contributed by atoms with Gasteiger partial charge in [-0.3, -0.25) is 0 Å². The van der Waals surface area contributed by atoms with E-state index in [1.807, 2.05) is 6.07 Å². The Morgan fingerprint density at radius 1 is 1.23 bits per heavy atom. The number of nitrogens with zero attached hydrogens (tertiary/aromatic N) is 1. The summed E-state index contributed by atoms with van der Waals surface area (Å²) >= 11 is 4.31. The van der Waals surface area contributed by atoms with Crippen LogP contribution in [0.1, 0.15) is 19.9 Å². The number of thiol groups is 1. The summed E-state index contributed by atoms with van der Waals surface area (Å²) in [6.07, 6.45) is 2.13. The Kier molecular flexibility index (Phi) is 2.08. The number of fused-ring (bicyclic) bond motifs is 1. The molecule has 2 heteroatoms. The zero-order valence-electron chi connectivity index (χ0n) is 7.86. The number of benzene rings is 1. The van der Waals surface area contributed by atoms with Gasteiger partial charge in [0.05, 0.1) is 0 Å². The summed E-state index contributed by atoms with van der Waals surface area (Å²) in [7, 11) is 0. The third kappa shape index (κ3) is 1.46. The molecule has 1 nitrogen and oxygen atoms in total. The van der Waals surface area contributed by atoms with Crippen molar-refractivity contribution in [1.82, 2.24) is 4.57 Å². The van der Waals surface area contributed by atoms with Crippen LogP contribution in [0.3, 0.4) is 0 Å². The smallest absolute Gasteiger partial charge is 0.0483 e. The van der Waals surface area contributed by atoms with Gasteiger partial charge >= 0.3 is 0 Å². The average Bonchev–Trinajstić information content (AvgIpc) is 2.46. The summed E-state index contributed by atoms with van der Waals surface area (Å²) in [6, 6.07) is 8.90. The fraction of sp³-hybridized carbons (Fsp3) is 0.273. The standard InChI is InChI=1S/C11H13NS/c1-8(2)12-6-5-9-7-10(13)3-4-11(9)12/h3-8,13H,1-2H3. The highest BCUT2D eigenvalue weighted by Crippen LogP contribution is 2.22. The number of aromatic nitrogens is 1. The normalized spacial score (nSPS) is 11.4. The quantitative estimate of drug-likeness (QED) is 0.658. The van der Waals surface area contributed by atoms with Crippen molar-refractivity contribution in [3.05, 3.63) is 30.5 Å². The zero-order chi connectivity index (χ0) is 9.42. The van der Waals surface area contributed by atoms with Gasteiger partial charge < -0.3 is 4.57 Å². The molecule has 0 amide bonds. The summed E-state index contributed by atoms with van der Waals surface area (Å²) < 4.78 is 2.27. The van der Waals surface area contributed by atoms with Crippen LogP contribution in [-0.2, 0) is 0 Å². The molecule has 0 spiro atoms. The zero-order valence-corrected chi connectivity index (χ0v) is 8.75. The summed E-state index contributed by atoms with van der Waals surface area (Å²) in [5.41, 5.74) is 1.28. The van der Waals surface area contributed by atoms with Crippen molar-refractivity contribution in [3.8, 4) is 0 Å². The lowest BCUT2D eigenvalue weighted by Crippen LogP contribution is -1.97. The minimum atomic E-state index is 0.517. The van der Waals surface area contributed by atoms with Gasteiger partial charge in [-0.25, -0.2) is 0 Å². The van der Waals surface area contributed by atoms with E-state index in [0.717, 1.165) is 4.90 Å². The second-order valence-corrected chi connectivity index (χ2v) is 4.08. The summed E-state index contributed by atoms with van der Waals surface area (Å²) in [5.74, 6) is 0. The first-order valence-electron chi connectivity index (χ1n) is 4.48.